The van der Waals surface area contributed by atoms with Gasteiger partial charge in [-0.1, -0.05) is 86.4 Å². The van der Waals surface area contributed by atoms with Crippen LogP contribution in [0.5, 0.6) is 5.75 Å². The quantitative estimate of drug-likeness (QED) is 0.315. The molecule has 3 aromatic carbocycles. The van der Waals surface area contributed by atoms with E-state index < -0.39 is 0 Å². The molecule has 0 unspecified atom stereocenters. The van der Waals surface area contributed by atoms with E-state index in [4.69, 9.17) is 27.9 Å². The van der Waals surface area contributed by atoms with Crippen molar-refractivity contribution in [2.75, 3.05) is 0 Å². The van der Waals surface area contributed by atoms with E-state index in [2.05, 4.69) is 43.4 Å². The maximum atomic E-state index is 12.2. The highest BCUT2D eigenvalue weighted by atomic mass is 35.5. The molecular formula is C26H26Cl2N2O2. The SMILES string of the molecule is CC(C)(C)c1ccc(CC(=O)N/N=C\c2cccc(OCc3ccc(Cl)cc3Cl)c2)cc1. The van der Waals surface area contributed by atoms with Crippen LogP contribution in [0.25, 0.3) is 0 Å². The number of ether oxygens (including phenoxy) is 1. The summed E-state index contributed by atoms with van der Waals surface area (Å²) in [5.41, 5.74) is 6.49. The summed E-state index contributed by atoms with van der Waals surface area (Å²) in [6, 6.07) is 20.8. The van der Waals surface area contributed by atoms with Gasteiger partial charge in [-0.15, -0.1) is 0 Å². The standard InChI is InChI=1S/C26H26Cl2N2O2/c1-26(2,3)21-10-7-18(8-11-21)14-25(31)30-29-16-19-5-4-6-23(13-19)32-17-20-9-12-22(27)15-24(20)28/h4-13,15-16H,14,17H2,1-3H3,(H,30,31)/b29-16-. The molecule has 3 rings (SSSR count). The predicted molar refractivity (Wildman–Crippen MR) is 132 cm³/mol. The molecule has 1 amide bonds. The van der Waals surface area contributed by atoms with Crippen LogP contribution in [0.4, 0.5) is 0 Å². The zero-order chi connectivity index (χ0) is 23.1. The number of hydrazone groups is 1. The minimum atomic E-state index is -0.172. The number of carbonyl (C=O) groups is 1. The van der Waals surface area contributed by atoms with Crippen molar-refractivity contribution < 1.29 is 9.53 Å². The molecule has 1 N–H and O–H groups in total. The van der Waals surface area contributed by atoms with Crippen LogP contribution >= 0.6 is 23.2 Å². The topological polar surface area (TPSA) is 50.7 Å². The van der Waals surface area contributed by atoms with Crippen molar-refractivity contribution in [3.63, 3.8) is 0 Å². The van der Waals surface area contributed by atoms with Crippen LogP contribution in [0, 0.1) is 0 Å². The van der Waals surface area contributed by atoms with Crippen molar-refractivity contribution in [1.29, 1.82) is 0 Å². The number of nitrogens with zero attached hydrogens (tertiary/aromatic N) is 1. The Labute approximate surface area is 199 Å². The van der Waals surface area contributed by atoms with Crippen molar-refractivity contribution in [3.05, 3.63) is 99.0 Å². The van der Waals surface area contributed by atoms with E-state index in [-0.39, 0.29) is 17.7 Å². The molecule has 166 valence electrons. The molecule has 0 bridgehead atoms. The van der Waals surface area contributed by atoms with Crippen LogP contribution in [0.3, 0.4) is 0 Å². The zero-order valence-corrected chi connectivity index (χ0v) is 19.9. The van der Waals surface area contributed by atoms with Gasteiger partial charge in [0.05, 0.1) is 12.6 Å². The van der Waals surface area contributed by atoms with Crippen molar-refractivity contribution in [3.8, 4) is 5.75 Å². The van der Waals surface area contributed by atoms with Gasteiger partial charge in [-0.05, 0) is 46.4 Å². The average molecular weight is 469 g/mol. The van der Waals surface area contributed by atoms with Gasteiger partial charge in [0.25, 0.3) is 0 Å². The highest BCUT2D eigenvalue weighted by Gasteiger charge is 2.13. The molecule has 32 heavy (non-hydrogen) atoms. The third kappa shape index (κ3) is 7.11. The van der Waals surface area contributed by atoms with E-state index in [9.17, 15) is 4.79 Å². The monoisotopic (exact) mass is 468 g/mol. The third-order valence-corrected chi connectivity index (χ3v) is 5.44. The maximum absolute atomic E-state index is 12.2. The molecule has 0 heterocycles. The molecular weight excluding hydrogens is 443 g/mol. The molecule has 0 radical (unpaired) electrons. The van der Waals surface area contributed by atoms with E-state index >= 15 is 0 Å². The number of nitrogens with one attached hydrogen (secondary N) is 1. The molecule has 0 spiro atoms. The van der Waals surface area contributed by atoms with Crippen LogP contribution < -0.4 is 10.2 Å². The van der Waals surface area contributed by atoms with Crippen LogP contribution in [-0.2, 0) is 23.2 Å². The molecule has 0 atom stereocenters. The fourth-order valence-electron chi connectivity index (χ4n) is 3.01. The number of benzene rings is 3. The third-order valence-electron chi connectivity index (χ3n) is 4.86. The normalized spacial score (nSPS) is 11.5. The lowest BCUT2D eigenvalue weighted by Gasteiger charge is -2.19. The van der Waals surface area contributed by atoms with Crippen molar-refractivity contribution >= 4 is 35.3 Å². The fraction of sp³-hybridized carbons (Fsp3) is 0.231. The molecule has 0 fully saturated rings. The number of carbonyl (C=O) groups excluding carboxylic acids is 1. The predicted octanol–water partition coefficient (Wildman–Crippen LogP) is 6.56. The van der Waals surface area contributed by atoms with Gasteiger partial charge in [0.1, 0.15) is 12.4 Å². The Morgan fingerprint density at radius 3 is 2.47 bits per heavy atom. The molecule has 0 aromatic heterocycles. The summed E-state index contributed by atoms with van der Waals surface area (Å²) in [5, 5.41) is 5.21. The largest absolute Gasteiger partial charge is 0.489 e. The Hall–Kier alpha value is -2.82. The van der Waals surface area contributed by atoms with Gasteiger partial charge in [0.15, 0.2) is 0 Å². The average Bonchev–Trinajstić information content (AvgIpc) is 2.73. The van der Waals surface area contributed by atoms with Crippen LogP contribution in [-0.4, -0.2) is 12.1 Å². The Bertz CT molecular complexity index is 1100. The molecule has 6 heteroatoms. The number of hydrogen-bond acceptors (Lipinski definition) is 3. The van der Waals surface area contributed by atoms with Crippen LogP contribution in [0.1, 0.15) is 43.0 Å². The summed E-state index contributed by atoms with van der Waals surface area (Å²) in [6.07, 6.45) is 1.86. The van der Waals surface area contributed by atoms with Gasteiger partial charge in [-0.25, -0.2) is 5.43 Å². The Balaban J connectivity index is 1.52. The van der Waals surface area contributed by atoms with Gasteiger partial charge in [0.2, 0.25) is 5.91 Å². The molecule has 0 aliphatic rings. The molecule has 4 nitrogen and oxygen atoms in total. The maximum Gasteiger partial charge on any atom is 0.244 e. The lowest BCUT2D eigenvalue weighted by molar-refractivity contribution is -0.120. The fourth-order valence-corrected chi connectivity index (χ4v) is 3.47. The second-order valence-electron chi connectivity index (χ2n) is 8.51. The number of amides is 1. The second-order valence-corrected chi connectivity index (χ2v) is 9.36. The number of halogens is 2. The molecule has 3 aromatic rings. The van der Waals surface area contributed by atoms with E-state index in [1.165, 1.54) is 5.56 Å². The first-order valence-corrected chi connectivity index (χ1v) is 11.0. The summed E-state index contributed by atoms with van der Waals surface area (Å²) in [6.45, 7) is 6.81. The number of hydrogen-bond donors (Lipinski definition) is 1. The zero-order valence-electron chi connectivity index (χ0n) is 18.4. The van der Waals surface area contributed by atoms with Crippen molar-refractivity contribution in [2.24, 2.45) is 5.10 Å². The van der Waals surface area contributed by atoms with E-state index in [1.54, 1.807) is 18.3 Å². The molecule has 0 aliphatic heterocycles. The lowest BCUT2D eigenvalue weighted by Crippen LogP contribution is -2.20. The first-order valence-electron chi connectivity index (χ1n) is 10.3. The molecule has 0 aliphatic carbocycles. The summed E-state index contributed by atoms with van der Waals surface area (Å²) in [5.74, 6) is 0.500. The van der Waals surface area contributed by atoms with Crippen LogP contribution in [0.15, 0.2) is 71.8 Å². The minimum Gasteiger partial charge on any atom is -0.489 e. The minimum absolute atomic E-state index is 0.0877. The highest BCUT2D eigenvalue weighted by molar-refractivity contribution is 6.35. The number of rotatable bonds is 7. The summed E-state index contributed by atoms with van der Waals surface area (Å²) >= 11 is 12.1. The molecule has 0 saturated carbocycles. The van der Waals surface area contributed by atoms with Crippen molar-refractivity contribution in [2.45, 2.75) is 39.2 Å². The smallest absolute Gasteiger partial charge is 0.244 e. The van der Waals surface area contributed by atoms with Gasteiger partial charge >= 0.3 is 0 Å². The van der Waals surface area contributed by atoms with E-state index in [0.29, 0.717) is 22.4 Å². The Kier molecular flexibility index (Phi) is 7.94. The van der Waals surface area contributed by atoms with E-state index in [0.717, 1.165) is 16.7 Å². The molecule has 0 saturated heterocycles. The highest BCUT2D eigenvalue weighted by Crippen LogP contribution is 2.23. The van der Waals surface area contributed by atoms with Gasteiger partial charge < -0.3 is 4.74 Å². The van der Waals surface area contributed by atoms with Gasteiger partial charge in [0, 0.05) is 15.6 Å². The Morgan fingerprint density at radius 1 is 1.03 bits per heavy atom. The second kappa shape index (κ2) is 10.7. The lowest BCUT2D eigenvalue weighted by atomic mass is 9.86. The summed E-state index contributed by atoms with van der Waals surface area (Å²) in [4.78, 5) is 12.2. The summed E-state index contributed by atoms with van der Waals surface area (Å²) < 4.78 is 5.82. The van der Waals surface area contributed by atoms with Crippen molar-refractivity contribution in [1.82, 2.24) is 5.43 Å². The van der Waals surface area contributed by atoms with Gasteiger partial charge in [-0.2, -0.15) is 5.10 Å². The first-order chi connectivity index (χ1) is 15.2. The van der Waals surface area contributed by atoms with Crippen LogP contribution in [0.2, 0.25) is 10.0 Å². The first kappa shape index (κ1) is 23.8. The summed E-state index contributed by atoms with van der Waals surface area (Å²) in [7, 11) is 0. The van der Waals surface area contributed by atoms with Gasteiger partial charge in [-0.3, -0.25) is 4.79 Å². The Morgan fingerprint density at radius 2 is 1.78 bits per heavy atom. The van der Waals surface area contributed by atoms with E-state index in [1.807, 2.05) is 42.5 Å².